The second kappa shape index (κ2) is 5.42. The van der Waals surface area contributed by atoms with Crippen LogP contribution in [0.25, 0.3) is 0 Å². The van der Waals surface area contributed by atoms with Crippen LogP contribution < -0.4 is 0 Å². The van der Waals surface area contributed by atoms with Gasteiger partial charge in [0.1, 0.15) is 5.76 Å². The molecule has 1 atom stereocenters. The number of H-pyrrole nitrogens is 1. The Morgan fingerprint density at radius 3 is 2.91 bits per heavy atom. The van der Waals surface area contributed by atoms with Gasteiger partial charge in [-0.3, -0.25) is 4.90 Å². The quantitative estimate of drug-likeness (QED) is 0.807. The molecule has 1 aromatic carbocycles. The van der Waals surface area contributed by atoms with E-state index < -0.39 is 0 Å². The lowest BCUT2D eigenvalue weighted by Crippen LogP contribution is -2.35. The molecule has 112 valence electrons. The molecule has 22 heavy (non-hydrogen) atoms. The Bertz CT molecular complexity index is 762. The van der Waals surface area contributed by atoms with Crippen molar-refractivity contribution in [2.24, 2.45) is 0 Å². The first-order valence-corrected chi connectivity index (χ1v) is 7.54. The third kappa shape index (κ3) is 2.33. The Kier molecular flexibility index (Phi) is 3.27. The van der Waals surface area contributed by atoms with Crippen LogP contribution in [0.2, 0.25) is 0 Å². The molecule has 1 aliphatic heterocycles. The molecule has 3 heterocycles. The Morgan fingerprint density at radius 2 is 2.14 bits per heavy atom. The minimum atomic E-state index is 0.154. The highest BCUT2D eigenvalue weighted by Crippen LogP contribution is 2.34. The highest BCUT2D eigenvalue weighted by Gasteiger charge is 2.31. The van der Waals surface area contributed by atoms with E-state index in [2.05, 4.69) is 44.1 Å². The van der Waals surface area contributed by atoms with E-state index in [-0.39, 0.29) is 6.04 Å². The minimum absolute atomic E-state index is 0.154. The smallest absolute Gasteiger partial charge is 0.191 e. The van der Waals surface area contributed by atoms with Gasteiger partial charge in [0, 0.05) is 25.6 Å². The monoisotopic (exact) mass is 294 g/mol. The Hall–Kier alpha value is -2.40. The zero-order valence-electron chi connectivity index (χ0n) is 12.5. The van der Waals surface area contributed by atoms with E-state index >= 15 is 0 Å². The van der Waals surface area contributed by atoms with Gasteiger partial charge in [0.25, 0.3) is 0 Å². The van der Waals surface area contributed by atoms with Crippen molar-refractivity contribution in [2.75, 3.05) is 6.54 Å². The van der Waals surface area contributed by atoms with Crippen molar-refractivity contribution in [3.8, 4) is 0 Å². The van der Waals surface area contributed by atoms with Crippen LogP contribution in [0.15, 0.2) is 47.3 Å². The van der Waals surface area contributed by atoms with Gasteiger partial charge in [-0.05, 0) is 5.56 Å². The summed E-state index contributed by atoms with van der Waals surface area (Å²) in [4.78, 5) is 14.4. The maximum absolute atomic E-state index is 5.66. The zero-order valence-corrected chi connectivity index (χ0v) is 12.5. The van der Waals surface area contributed by atoms with E-state index in [4.69, 9.17) is 4.42 Å². The van der Waals surface area contributed by atoms with E-state index in [1.165, 1.54) is 11.3 Å². The minimum Gasteiger partial charge on any atom is -0.445 e. The predicted molar refractivity (Wildman–Crippen MR) is 82.2 cm³/mol. The predicted octanol–water partition coefficient (Wildman–Crippen LogP) is 2.85. The number of imidazole rings is 1. The summed E-state index contributed by atoms with van der Waals surface area (Å²) in [5.41, 5.74) is 3.61. The summed E-state index contributed by atoms with van der Waals surface area (Å²) in [6, 6.07) is 10.7. The van der Waals surface area contributed by atoms with Gasteiger partial charge < -0.3 is 9.40 Å². The number of fused-ring (bicyclic) bond motifs is 1. The highest BCUT2D eigenvalue weighted by molar-refractivity contribution is 5.32. The van der Waals surface area contributed by atoms with Crippen LogP contribution in [0, 0.1) is 6.92 Å². The molecule has 0 radical (unpaired) electrons. The van der Waals surface area contributed by atoms with Gasteiger partial charge in [-0.1, -0.05) is 30.3 Å². The number of hydrogen-bond donors (Lipinski definition) is 1. The average Bonchev–Trinajstić information content (AvgIpc) is 3.17. The Morgan fingerprint density at radius 1 is 1.27 bits per heavy atom. The molecule has 1 aliphatic rings. The van der Waals surface area contributed by atoms with Crippen LogP contribution in [0.5, 0.6) is 0 Å². The summed E-state index contributed by atoms with van der Waals surface area (Å²) in [5, 5.41) is 0. The van der Waals surface area contributed by atoms with Crippen LogP contribution in [-0.2, 0) is 13.0 Å². The van der Waals surface area contributed by atoms with Gasteiger partial charge in [0.2, 0.25) is 0 Å². The number of oxazole rings is 1. The molecule has 0 spiro atoms. The van der Waals surface area contributed by atoms with E-state index in [0.29, 0.717) is 5.89 Å². The number of aryl methyl sites for hydroxylation is 1. The van der Waals surface area contributed by atoms with Crippen LogP contribution in [-0.4, -0.2) is 26.4 Å². The number of rotatable bonds is 3. The molecule has 3 aromatic rings. The first-order chi connectivity index (χ1) is 10.8. The third-order valence-electron chi connectivity index (χ3n) is 4.17. The summed E-state index contributed by atoms with van der Waals surface area (Å²) < 4.78 is 5.66. The lowest BCUT2D eigenvalue weighted by molar-refractivity contribution is 0.184. The molecule has 5 heteroatoms. The van der Waals surface area contributed by atoms with Gasteiger partial charge in [-0.2, -0.15) is 0 Å². The van der Waals surface area contributed by atoms with Crippen molar-refractivity contribution < 1.29 is 4.42 Å². The SMILES string of the molecule is Cc1ncc(CN2CCc3[nH]cnc3C2c2ccccc2)o1. The molecule has 0 saturated heterocycles. The number of benzene rings is 1. The van der Waals surface area contributed by atoms with Gasteiger partial charge in [0.15, 0.2) is 5.89 Å². The average molecular weight is 294 g/mol. The summed E-state index contributed by atoms with van der Waals surface area (Å²) in [6.07, 6.45) is 4.59. The van der Waals surface area contributed by atoms with E-state index in [9.17, 15) is 0 Å². The molecular weight excluding hydrogens is 276 g/mol. The fourth-order valence-electron chi connectivity index (χ4n) is 3.18. The normalized spacial score (nSPS) is 18.3. The molecule has 1 N–H and O–H groups in total. The summed E-state index contributed by atoms with van der Waals surface area (Å²) in [7, 11) is 0. The molecule has 0 fully saturated rings. The fraction of sp³-hybridized carbons (Fsp3) is 0.294. The summed E-state index contributed by atoms with van der Waals surface area (Å²) >= 11 is 0. The van der Waals surface area contributed by atoms with Crippen LogP contribution in [0.3, 0.4) is 0 Å². The maximum atomic E-state index is 5.66. The first-order valence-electron chi connectivity index (χ1n) is 7.54. The van der Waals surface area contributed by atoms with Gasteiger partial charge in [-0.15, -0.1) is 0 Å². The van der Waals surface area contributed by atoms with Crippen molar-refractivity contribution in [2.45, 2.75) is 25.9 Å². The van der Waals surface area contributed by atoms with Crippen LogP contribution in [0.4, 0.5) is 0 Å². The second-order valence-corrected chi connectivity index (χ2v) is 5.65. The molecular formula is C17H18N4O. The number of aromatic nitrogens is 3. The van der Waals surface area contributed by atoms with Crippen molar-refractivity contribution in [1.82, 2.24) is 19.9 Å². The number of nitrogens with one attached hydrogen (secondary N) is 1. The largest absolute Gasteiger partial charge is 0.445 e. The highest BCUT2D eigenvalue weighted by atomic mass is 16.4. The number of nitrogens with zero attached hydrogens (tertiary/aromatic N) is 3. The standard InChI is InChI=1S/C17H18N4O/c1-12-18-9-14(22-12)10-21-8-7-15-16(20-11-19-15)17(21)13-5-3-2-4-6-13/h2-6,9,11,17H,7-8,10H2,1H3,(H,19,20). The van der Waals surface area contributed by atoms with Crippen molar-refractivity contribution >= 4 is 0 Å². The molecule has 2 aromatic heterocycles. The van der Waals surface area contributed by atoms with Crippen molar-refractivity contribution in [1.29, 1.82) is 0 Å². The third-order valence-corrected chi connectivity index (χ3v) is 4.17. The van der Waals surface area contributed by atoms with E-state index in [1.807, 2.05) is 19.2 Å². The Labute approximate surface area is 129 Å². The molecule has 0 amide bonds. The fourth-order valence-corrected chi connectivity index (χ4v) is 3.18. The lowest BCUT2D eigenvalue weighted by atomic mass is 9.95. The second-order valence-electron chi connectivity index (χ2n) is 5.65. The van der Waals surface area contributed by atoms with E-state index in [0.717, 1.165) is 31.0 Å². The molecule has 5 nitrogen and oxygen atoms in total. The summed E-state index contributed by atoms with van der Waals surface area (Å²) in [5.74, 6) is 1.61. The molecule has 4 rings (SSSR count). The van der Waals surface area contributed by atoms with Crippen molar-refractivity contribution in [3.05, 3.63) is 71.5 Å². The first kappa shape index (κ1) is 13.3. The van der Waals surface area contributed by atoms with Gasteiger partial charge in [0.05, 0.1) is 30.8 Å². The molecule has 0 bridgehead atoms. The molecule has 0 saturated carbocycles. The topological polar surface area (TPSA) is 58.0 Å². The maximum Gasteiger partial charge on any atom is 0.191 e. The molecule has 1 unspecified atom stereocenters. The number of aromatic amines is 1. The van der Waals surface area contributed by atoms with Gasteiger partial charge >= 0.3 is 0 Å². The zero-order chi connectivity index (χ0) is 14.9. The van der Waals surface area contributed by atoms with E-state index in [1.54, 1.807) is 6.33 Å². The lowest BCUT2D eigenvalue weighted by Gasteiger charge is -2.34. The number of hydrogen-bond acceptors (Lipinski definition) is 4. The van der Waals surface area contributed by atoms with Gasteiger partial charge in [-0.25, -0.2) is 9.97 Å². The summed E-state index contributed by atoms with van der Waals surface area (Å²) in [6.45, 7) is 3.58. The van der Waals surface area contributed by atoms with Crippen LogP contribution >= 0.6 is 0 Å². The van der Waals surface area contributed by atoms with Crippen LogP contribution in [0.1, 0.15) is 34.6 Å². The van der Waals surface area contributed by atoms with Crippen molar-refractivity contribution in [3.63, 3.8) is 0 Å². The Balaban J connectivity index is 1.71. The molecule has 0 aliphatic carbocycles.